The zero-order valence-corrected chi connectivity index (χ0v) is 26.2. The number of allylic oxidation sites excluding steroid dienone is 1. The van der Waals surface area contributed by atoms with E-state index < -0.39 is 0 Å². The molecule has 1 aliphatic heterocycles. The summed E-state index contributed by atoms with van der Waals surface area (Å²) in [4.78, 5) is 20.8. The summed E-state index contributed by atoms with van der Waals surface area (Å²) in [7, 11) is 3.72. The smallest absolute Gasteiger partial charge is 0.254 e. The average Bonchev–Trinajstić information content (AvgIpc) is 3.73. The Morgan fingerprint density at radius 1 is 1.09 bits per heavy atom. The van der Waals surface area contributed by atoms with Gasteiger partial charge in [-0.1, -0.05) is 54.6 Å². The standard InChI is InChI=1S/C38H41N5O2/c1-41-35-30(19-29(21-33(35)45-2)37(44)43-24-38(23-39)17-16-34(38)43)40-36(41)32-20-28-15-14-26(18-31(28)42(32)22-27-12-13-27)11-7-6-10-25-8-4-3-5-9-25/h3-5,7-9,11,14-15,18-21,27,34H,6,10,12-13,16-17,22-24,39H2,1-2H3/b11-7+/t34?,38-/m0/s1. The van der Waals surface area contributed by atoms with Gasteiger partial charge in [-0.2, -0.15) is 0 Å². The minimum absolute atomic E-state index is 0.0448. The van der Waals surface area contributed by atoms with Gasteiger partial charge >= 0.3 is 0 Å². The predicted octanol–water partition coefficient (Wildman–Crippen LogP) is 6.82. The van der Waals surface area contributed by atoms with Crippen molar-refractivity contribution >= 4 is 33.9 Å². The molecule has 3 aromatic carbocycles. The van der Waals surface area contributed by atoms with Crippen LogP contribution in [0, 0.1) is 11.3 Å². The van der Waals surface area contributed by atoms with Crippen LogP contribution in [0.25, 0.3) is 39.5 Å². The van der Waals surface area contributed by atoms with Crippen LogP contribution in [0.3, 0.4) is 0 Å². The summed E-state index contributed by atoms with van der Waals surface area (Å²) in [5.41, 5.74) is 13.4. The molecule has 2 aliphatic carbocycles. The quantitative estimate of drug-likeness (QED) is 0.191. The maximum atomic E-state index is 13.6. The molecule has 1 saturated heterocycles. The van der Waals surface area contributed by atoms with Gasteiger partial charge in [-0.15, -0.1) is 0 Å². The number of amides is 1. The van der Waals surface area contributed by atoms with Gasteiger partial charge in [-0.05, 0) is 79.8 Å². The van der Waals surface area contributed by atoms with Gasteiger partial charge in [0.2, 0.25) is 0 Å². The largest absolute Gasteiger partial charge is 0.494 e. The van der Waals surface area contributed by atoms with E-state index in [1.165, 1.54) is 34.9 Å². The summed E-state index contributed by atoms with van der Waals surface area (Å²) in [6, 6.07) is 23.8. The molecule has 1 unspecified atom stereocenters. The van der Waals surface area contributed by atoms with Gasteiger partial charge in [-0.3, -0.25) is 4.79 Å². The van der Waals surface area contributed by atoms with Crippen molar-refractivity contribution in [1.29, 1.82) is 0 Å². The number of hydrogen-bond acceptors (Lipinski definition) is 4. The number of likely N-dealkylation sites (tertiary alicyclic amines) is 1. The van der Waals surface area contributed by atoms with Crippen LogP contribution in [-0.2, 0) is 20.0 Å². The average molecular weight is 600 g/mol. The van der Waals surface area contributed by atoms with E-state index in [0.717, 1.165) is 61.3 Å². The molecule has 5 aromatic rings. The monoisotopic (exact) mass is 599 g/mol. The van der Waals surface area contributed by atoms with Crippen molar-refractivity contribution in [2.24, 2.45) is 24.1 Å². The molecule has 0 radical (unpaired) electrons. The number of nitrogens with two attached hydrogens (primary N) is 1. The van der Waals surface area contributed by atoms with E-state index in [1.807, 2.05) is 24.1 Å². The van der Waals surface area contributed by atoms with Gasteiger partial charge in [0.15, 0.2) is 5.82 Å². The van der Waals surface area contributed by atoms with Crippen molar-refractivity contribution in [2.45, 2.75) is 51.1 Å². The molecule has 2 N–H and O–H groups in total. The Morgan fingerprint density at radius 3 is 2.64 bits per heavy atom. The Bertz CT molecular complexity index is 1950. The van der Waals surface area contributed by atoms with Crippen molar-refractivity contribution in [3.8, 4) is 17.3 Å². The van der Waals surface area contributed by atoms with Crippen molar-refractivity contribution in [2.75, 3.05) is 20.2 Å². The number of aryl methyl sites for hydroxylation is 2. The van der Waals surface area contributed by atoms with Gasteiger partial charge in [0.05, 0.1) is 18.3 Å². The molecule has 8 rings (SSSR count). The topological polar surface area (TPSA) is 78.3 Å². The molecule has 230 valence electrons. The molecule has 3 heterocycles. The van der Waals surface area contributed by atoms with Crippen LogP contribution in [0.1, 0.15) is 53.6 Å². The van der Waals surface area contributed by atoms with Crippen LogP contribution < -0.4 is 10.5 Å². The number of rotatable bonds is 10. The SMILES string of the molecule is COc1cc(C(=O)N2C[C@@]3(CN)CCC23)cc2nc(-c3cc4ccc(/C=C/CCc5ccccc5)cc4n3CC3CC3)n(C)c12. The molecule has 3 aliphatic rings. The van der Waals surface area contributed by atoms with E-state index in [0.29, 0.717) is 23.8 Å². The van der Waals surface area contributed by atoms with Crippen LogP contribution in [0.5, 0.6) is 5.75 Å². The number of carbonyl (C=O) groups is 1. The third kappa shape index (κ3) is 4.76. The minimum atomic E-state index is 0.0448. The lowest BCUT2D eigenvalue weighted by molar-refractivity contribution is -0.117. The Hall–Kier alpha value is -4.36. The number of piperidine rings is 1. The van der Waals surface area contributed by atoms with Crippen LogP contribution in [-0.4, -0.2) is 51.2 Å². The maximum absolute atomic E-state index is 13.6. The number of imidazole rings is 1. The van der Waals surface area contributed by atoms with Crippen LogP contribution >= 0.6 is 0 Å². The number of fused-ring (bicyclic) bond motifs is 3. The first-order valence-electron chi connectivity index (χ1n) is 16.4. The van der Waals surface area contributed by atoms with Gasteiger partial charge in [0, 0.05) is 54.6 Å². The van der Waals surface area contributed by atoms with Gasteiger partial charge in [0.1, 0.15) is 11.3 Å². The zero-order valence-electron chi connectivity index (χ0n) is 26.2. The number of hydrogen-bond donors (Lipinski definition) is 1. The second-order valence-electron chi connectivity index (χ2n) is 13.4. The highest BCUT2D eigenvalue weighted by atomic mass is 16.5. The summed E-state index contributed by atoms with van der Waals surface area (Å²) in [5.74, 6) is 2.30. The first-order chi connectivity index (χ1) is 22.0. The Kier molecular flexibility index (Phi) is 6.82. The number of ether oxygens (including phenoxy) is 1. The highest BCUT2D eigenvalue weighted by molar-refractivity contribution is 6.01. The molecule has 2 saturated carbocycles. The second-order valence-corrected chi connectivity index (χ2v) is 13.4. The van der Waals surface area contributed by atoms with Crippen LogP contribution in [0.4, 0.5) is 0 Å². The number of benzene rings is 3. The lowest BCUT2D eigenvalue weighted by atomic mass is 9.57. The van der Waals surface area contributed by atoms with Gasteiger partial charge < -0.3 is 24.5 Å². The summed E-state index contributed by atoms with van der Waals surface area (Å²) >= 11 is 0. The molecule has 3 fully saturated rings. The molecule has 7 nitrogen and oxygen atoms in total. The number of carbonyl (C=O) groups excluding carboxylic acids is 1. The Morgan fingerprint density at radius 2 is 1.93 bits per heavy atom. The fraction of sp³-hybridized carbons (Fsp3) is 0.368. The van der Waals surface area contributed by atoms with E-state index in [1.54, 1.807) is 7.11 Å². The van der Waals surface area contributed by atoms with Gasteiger partial charge in [-0.25, -0.2) is 4.98 Å². The van der Waals surface area contributed by atoms with E-state index in [9.17, 15) is 4.79 Å². The van der Waals surface area contributed by atoms with Crippen molar-refractivity contribution in [3.05, 3.63) is 89.5 Å². The summed E-state index contributed by atoms with van der Waals surface area (Å²) in [6.07, 6.45) is 11.3. The highest BCUT2D eigenvalue weighted by Crippen LogP contribution is 2.53. The third-order valence-corrected chi connectivity index (χ3v) is 10.6. The number of aromatic nitrogens is 3. The molecule has 0 bridgehead atoms. The molecular formula is C38H41N5O2. The first kappa shape index (κ1) is 28.1. The van der Waals surface area contributed by atoms with Crippen LogP contribution in [0.2, 0.25) is 0 Å². The van der Waals surface area contributed by atoms with E-state index in [4.69, 9.17) is 15.5 Å². The third-order valence-electron chi connectivity index (χ3n) is 10.6. The lowest BCUT2D eigenvalue weighted by Gasteiger charge is -2.64. The molecule has 2 aromatic heterocycles. The first-order valence-corrected chi connectivity index (χ1v) is 16.4. The van der Waals surface area contributed by atoms with Crippen molar-refractivity contribution < 1.29 is 9.53 Å². The Labute approximate surface area is 264 Å². The fourth-order valence-corrected chi connectivity index (χ4v) is 7.62. The molecule has 45 heavy (non-hydrogen) atoms. The normalized spacial score (nSPS) is 20.9. The Balaban J connectivity index is 1.13. The highest BCUT2D eigenvalue weighted by Gasteiger charge is 2.59. The summed E-state index contributed by atoms with van der Waals surface area (Å²) in [6.45, 7) is 2.37. The summed E-state index contributed by atoms with van der Waals surface area (Å²) in [5, 5.41) is 1.21. The van der Waals surface area contributed by atoms with Gasteiger partial charge in [0.25, 0.3) is 5.91 Å². The minimum Gasteiger partial charge on any atom is -0.494 e. The van der Waals surface area contributed by atoms with Crippen molar-refractivity contribution in [3.63, 3.8) is 0 Å². The second kappa shape index (κ2) is 10.9. The predicted molar refractivity (Wildman–Crippen MR) is 180 cm³/mol. The van der Waals surface area contributed by atoms with E-state index in [-0.39, 0.29) is 17.4 Å². The van der Waals surface area contributed by atoms with E-state index >= 15 is 0 Å². The zero-order chi connectivity index (χ0) is 30.7. The maximum Gasteiger partial charge on any atom is 0.254 e. The van der Waals surface area contributed by atoms with Crippen molar-refractivity contribution in [1.82, 2.24) is 19.0 Å². The summed E-state index contributed by atoms with van der Waals surface area (Å²) < 4.78 is 10.5. The molecule has 0 spiro atoms. The molecular weight excluding hydrogens is 558 g/mol. The molecule has 7 heteroatoms. The van der Waals surface area contributed by atoms with E-state index in [2.05, 4.69) is 75.9 Å². The fourth-order valence-electron chi connectivity index (χ4n) is 7.62. The van der Waals surface area contributed by atoms with Crippen LogP contribution in [0.15, 0.2) is 72.8 Å². The number of nitrogens with zero attached hydrogens (tertiary/aromatic N) is 4. The molecule has 1 amide bonds. The lowest BCUT2D eigenvalue weighted by Crippen LogP contribution is -2.74. The molecule has 2 atom stereocenters. The number of methoxy groups -OCH3 is 1.